The average molecular weight is 866 g/mol. The molecule has 3 heteroatoms. The van der Waals surface area contributed by atoms with Gasteiger partial charge >= 0.3 is 0 Å². The largest absolute Gasteiger partial charge is 0.309 e. The third-order valence-corrected chi connectivity index (χ3v) is 13.5. The first-order chi connectivity index (χ1) is 33.7. The second-order valence-electron chi connectivity index (χ2n) is 17.6. The van der Waals surface area contributed by atoms with Crippen LogP contribution in [-0.2, 0) is 0 Å². The maximum atomic E-state index is 5.21. The van der Waals surface area contributed by atoms with Gasteiger partial charge in [-0.05, 0) is 117 Å². The quantitative estimate of drug-likeness (QED) is 0.149. The Morgan fingerprint density at radius 2 is 0.603 bits per heavy atom. The van der Waals surface area contributed by atoms with Crippen LogP contribution in [0.25, 0.3) is 122 Å². The maximum Gasteiger partial charge on any atom is 0.0715 e. The first-order valence-electron chi connectivity index (χ1n) is 23.3. The highest BCUT2D eigenvalue weighted by Gasteiger charge is 2.18. The minimum absolute atomic E-state index is 0.945. The Hall–Kier alpha value is -9.05. The fraction of sp³-hybridized carbons (Fsp3) is 0. The van der Waals surface area contributed by atoms with Crippen molar-refractivity contribution >= 4 is 43.6 Å². The molecule has 0 saturated heterocycles. The monoisotopic (exact) mass is 865 g/mol. The van der Waals surface area contributed by atoms with Gasteiger partial charge in [0.1, 0.15) is 0 Å². The highest BCUT2D eigenvalue weighted by Crippen LogP contribution is 2.40. The zero-order chi connectivity index (χ0) is 45.0. The van der Waals surface area contributed by atoms with Crippen molar-refractivity contribution in [2.75, 3.05) is 0 Å². The van der Waals surface area contributed by atoms with Gasteiger partial charge in [0.25, 0.3) is 0 Å². The van der Waals surface area contributed by atoms with Gasteiger partial charge in [0, 0.05) is 44.0 Å². The molecule has 68 heavy (non-hydrogen) atoms. The summed E-state index contributed by atoms with van der Waals surface area (Å²) in [6.07, 6.45) is 0. The number of fused-ring (bicyclic) bond motifs is 6. The normalized spacial score (nSPS) is 11.5. The molecule has 0 saturated carbocycles. The molecule has 13 aromatic rings. The lowest BCUT2D eigenvalue weighted by molar-refractivity contribution is 1.18. The van der Waals surface area contributed by atoms with Gasteiger partial charge in [-0.25, -0.2) is 4.98 Å². The van der Waals surface area contributed by atoms with E-state index in [9.17, 15) is 0 Å². The lowest BCUT2D eigenvalue weighted by Gasteiger charge is -2.14. The van der Waals surface area contributed by atoms with Gasteiger partial charge in [0.05, 0.1) is 33.5 Å². The molecule has 3 nitrogen and oxygen atoms in total. The highest BCUT2D eigenvalue weighted by molar-refractivity contribution is 6.12. The van der Waals surface area contributed by atoms with Crippen molar-refractivity contribution in [3.05, 3.63) is 261 Å². The minimum atomic E-state index is 0.945. The third-order valence-electron chi connectivity index (χ3n) is 13.5. The molecule has 0 radical (unpaired) electrons. The van der Waals surface area contributed by atoms with E-state index in [4.69, 9.17) is 4.98 Å². The molecule has 3 aromatic heterocycles. The van der Waals surface area contributed by atoms with Crippen molar-refractivity contribution in [3.63, 3.8) is 0 Å². The van der Waals surface area contributed by atoms with Crippen LogP contribution in [0, 0.1) is 0 Å². The van der Waals surface area contributed by atoms with Crippen molar-refractivity contribution in [1.29, 1.82) is 0 Å². The fourth-order valence-corrected chi connectivity index (χ4v) is 10.2. The summed E-state index contributed by atoms with van der Waals surface area (Å²) in [6.45, 7) is 0. The van der Waals surface area contributed by atoms with Crippen molar-refractivity contribution < 1.29 is 0 Å². The molecule has 0 unspecified atom stereocenters. The summed E-state index contributed by atoms with van der Waals surface area (Å²) < 4.78 is 4.85. The van der Waals surface area contributed by atoms with E-state index < -0.39 is 0 Å². The fourth-order valence-electron chi connectivity index (χ4n) is 10.2. The molecule has 13 rings (SSSR count). The molecule has 3 heterocycles. The first kappa shape index (κ1) is 39.3. The number of para-hydroxylation sites is 2. The van der Waals surface area contributed by atoms with Crippen molar-refractivity contribution in [3.8, 4) is 78.4 Å². The van der Waals surface area contributed by atoms with Gasteiger partial charge in [-0.3, -0.25) is 0 Å². The number of hydrogen-bond donors (Lipinski definition) is 0. The van der Waals surface area contributed by atoms with Crippen molar-refractivity contribution in [2.45, 2.75) is 0 Å². The Morgan fingerprint density at radius 1 is 0.206 bits per heavy atom. The summed E-state index contributed by atoms with van der Waals surface area (Å²) in [5, 5.41) is 4.91. The molecular weight excluding hydrogens is 823 g/mol. The Morgan fingerprint density at radius 3 is 1.18 bits per heavy atom. The summed E-state index contributed by atoms with van der Waals surface area (Å²) in [6, 6.07) is 94.3. The van der Waals surface area contributed by atoms with E-state index in [-0.39, 0.29) is 0 Å². The first-order valence-corrected chi connectivity index (χ1v) is 23.3. The summed E-state index contributed by atoms with van der Waals surface area (Å²) in [7, 11) is 0. The average Bonchev–Trinajstić information content (AvgIpc) is 3.94. The maximum absolute atomic E-state index is 5.21. The summed E-state index contributed by atoms with van der Waals surface area (Å²) in [5.41, 5.74) is 20.4. The third kappa shape index (κ3) is 6.88. The minimum Gasteiger partial charge on any atom is -0.309 e. The predicted octanol–water partition coefficient (Wildman–Crippen LogP) is 17.3. The molecule has 0 N–H and O–H groups in total. The van der Waals surface area contributed by atoms with Crippen LogP contribution in [0.15, 0.2) is 261 Å². The number of rotatable bonds is 8. The molecule has 0 aliphatic rings. The molecule has 318 valence electrons. The molecule has 0 amide bonds. The van der Waals surface area contributed by atoms with Crippen LogP contribution in [0.3, 0.4) is 0 Å². The van der Waals surface area contributed by atoms with Crippen LogP contribution < -0.4 is 0 Å². The molecule has 0 aliphatic heterocycles. The highest BCUT2D eigenvalue weighted by atomic mass is 15.0. The van der Waals surface area contributed by atoms with Crippen LogP contribution in [-0.4, -0.2) is 14.1 Å². The summed E-state index contributed by atoms with van der Waals surface area (Å²) >= 11 is 0. The van der Waals surface area contributed by atoms with Gasteiger partial charge in [-0.2, -0.15) is 0 Å². The van der Waals surface area contributed by atoms with Crippen molar-refractivity contribution in [1.82, 2.24) is 14.1 Å². The zero-order valence-corrected chi connectivity index (χ0v) is 37.2. The zero-order valence-electron chi connectivity index (χ0n) is 37.2. The lowest BCUT2D eigenvalue weighted by atomic mass is 9.98. The topological polar surface area (TPSA) is 22.8 Å². The Kier molecular flexibility index (Phi) is 9.50. The molecular formula is C65H43N3. The number of nitrogens with zero attached hydrogens (tertiary/aromatic N) is 3. The predicted molar refractivity (Wildman–Crippen MR) is 286 cm³/mol. The van der Waals surface area contributed by atoms with Gasteiger partial charge in [-0.15, -0.1) is 0 Å². The van der Waals surface area contributed by atoms with Gasteiger partial charge in [-0.1, -0.05) is 188 Å². The summed E-state index contributed by atoms with van der Waals surface area (Å²) in [4.78, 5) is 5.21. The number of benzene rings is 10. The molecule has 0 bridgehead atoms. The van der Waals surface area contributed by atoms with Crippen LogP contribution in [0.1, 0.15) is 0 Å². The van der Waals surface area contributed by atoms with E-state index in [0.29, 0.717) is 0 Å². The van der Waals surface area contributed by atoms with E-state index >= 15 is 0 Å². The molecule has 0 atom stereocenters. The van der Waals surface area contributed by atoms with E-state index in [1.165, 1.54) is 82.6 Å². The Bertz CT molecular complexity index is 3860. The SMILES string of the molecule is c1ccc(-c2cc(-c3ccccc3)cc(-n3c4ccccc4c4ccc(-c5ccc6c(c5)c5ccccc5n6-c5ccc(-c6cc(-c7ccccc7)cc(-c7ccccc7)n6)cc5)cc43)c2)cc1. The Balaban J connectivity index is 0.923. The number of aromatic nitrogens is 3. The lowest BCUT2D eigenvalue weighted by Crippen LogP contribution is -1.96. The molecule has 0 fully saturated rings. The van der Waals surface area contributed by atoms with Gasteiger partial charge in [0.15, 0.2) is 0 Å². The van der Waals surface area contributed by atoms with Crippen LogP contribution >= 0.6 is 0 Å². The Labute approximate surface area is 395 Å². The van der Waals surface area contributed by atoms with Gasteiger partial charge < -0.3 is 9.13 Å². The second kappa shape index (κ2) is 16.4. The van der Waals surface area contributed by atoms with Crippen LogP contribution in [0.2, 0.25) is 0 Å². The standard InChI is InChI=1S/C65H43N3/c1-5-17-44(18-6-1)51-37-52(45-19-7-2-8-20-45)39-55(38-51)68-62-27-15-13-25-56(62)58-35-31-50(43-65(58)68)49-32-36-64-59(40-49)57-26-14-16-28-63(57)67(64)54-33-29-48(30-34-54)61-42-53(46-21-9-3-10-22-46)41-60(66-61)47-23-11-4-12-24-47/h1-43H. The second-order valence-corrected chi connectivity index (χ2v) is 17.6. The van der Waals surface area contributed by atoms with Crippen LogP contribution in [0.4, 0.5) is 0 Å². The van der Waals surface area contributed by atoms with Crippen LogP contribution in [0.5, 0.6) is 0 Å². The van der Waals surface area contributed by atoms with Gasteiger partial charge in [0.2, 0.25) is 0 Å². The molecule has 0 aliphatic carbocycles. The number of pyridine rings is 1. The van der Waals surface area contributed by atoms with E-state index in [1.54, 1.807) is 0 Å². The van der Waals surface area contributed by atoms with E-state index in [0.717, 1.165) is 39.5 Å². The van der Waals surface area contributed by atoms with E-state index in [1.807, 2.05) is 6.07 Å². The smallest absolute Gasteiger partial charge is 0.0715 e. The summed E-state index contributed by atoms with van der Waals surface area (Å²) in [5.74, 6) is 0. The molecule has 0 spiro atoms. The van der Waals surface area contributed by atoms with E-state index in [2.05, 4.69) is 264 Å². The van der Waals surface area contributed by atoms with Crippen molar-refractivity contribution in [2.24, 2.45) is 0 Å². The number of hydrogen-bond acceptors (Lipinski definition) is 1. The molecule has 10 aromatic carbocycles.